The minimum absolute atomic E-state index is 0.0656. The molecule has 2 aromatic rings. The second-order valence-electron chi connectivity index (χ2n) is 5.26. The maximum Gasteiger partial charge on any atom is 0.416 e. The molecule has 0 saturated carbocycles. The molecule has 0 radical (unpaired) electrons. The van der Waals surface area contributed by atoms with Gasteiger partial charge in [-0.15, -0.1) is 0 Å². The third kappa shape index (κ3) is 5.51. The fourth-order valence-corrected chi connectivity index (χ4v) is 2.97. The van der Waals surface area contributed by atoms with Crippen LogP contribution in [0.1, 0.15) is 11.1 Å². The first-order valence-electron chi connectivity index (χ1n) is 7.51. The number of halogens is 3. The molecule has 0 atom stereocenters. The Morgan fingerprint density at radius 3 is 2.50 bits per heavy atom. The van der Waals surface area contributed by atoms with Gasteiger partial charge < -0.3 is 4.74 Å². The summed E-state index contributed by atoms with van der Waals surface area (Å²) in [6, 6.07) is 10.9. The van der Waals surface area contributed by atoms with Crippen molar-refractivity contribution in [1.82, 2.24) is 4.72 Å². The maximum absolute atomic E-state index is 12.7. The van der Waals surface area contributed by atoms with Crippen LogP contribution >= 0.6 is 0 Å². The number of rotatable bonds is 5. The molecule has 2 rings (SSSR count). The lowest BCUT2D eigenvalue weighted by atomic mass is 10.2. The zero-order valence-electron chi connectivity index (χ0n) is 13.8. The molecule has 138 valence electrons. The van der Waals surface area contributed by atoms with Gasteiger partial charge in [0.05, 0.1) is 17.0 Å². The summed E-state index contributed by atoms with van der Waals surface area (Å²) in [6.45, 7) is 1.71. The van der Waals surface area contributed by atoms with E-state index in [0.29, 0.717) is 11.8 Å². The van der Waals surface area contributed by atoms with Crippen LogP contribution in [-0.4, -0.2) is 21.6 Å². The second-order valence-corrected chi connectivity index (χ2v) is 7.02. The molecule has 0 amide bonds. The highest BCUT2D eigenvalue weighted by atomic mass is 32.2. The van der Waals surface area contributed by atoms with Crippen LogP contribution in [0.3, 0.4) is 0 Å². The summed E-state index contributed by atoms with van der Waals surface area (Å²) >= 11 is 0. The Labute approximate surface area is 150 Å². The molecule has 4 nitrogen and oxygen atoms in total. The quantitative estimate of drug-likeness (QED) is 0.806. The predicted octanol–water partition coefficient (Wildman–Crippen LogP) is 3.37. The van der Waals surface area contributed by atoms with Crippen LogP contribution in [0.25, 0.3) is 0 Å². The van der Waals surface area contributed by atoms with Crippen LogP contribution < -0.4 is 9.46 Å². The number of ether oxygens (including phenoxy) is 1. The molecule has 0 fully saturated rings. The average Bonchev–Trinajstić information content (AvgIpc) is 2.59. The maximum atomic E-state index is 12.7. The van der Waals surface area contributed by atoms with Crippen LogP contribution in [0.2, 0.25) is 0 Å². The molecule has 0 aromatic heterocycles. The molecule has 0 aliphatic carbocycles. The molecule has 2 aromatic carbocycles. The summed E-state index contributed by atoms with van der Waals surface area (Å²) < 4.78 is 69.6. The van der Waals surface area contributed by atoms with Crippen LogP contribution in [0.4, 0.5) is 13.2 Å². The standard InChI is InChI=1S/C18H16F3NO3S/c1-14-7-2-3-10-17(14)25-12-5-4-11-22-26(23,24)16-9-6-8-15(13-16)18(19,20)21/h2-3,6-10,13,22H,11-12H2,1H3. The van der Waals surface area contributed by atoms with Crippen molar-refractivity contribution in [2.75, 3.05) is 13.2 Å². The molecule has 0 unspecified atom stereocenters. The first-order valence-corrected chi connectivity index (χ1v) is 8.99. The summed E-state index contributed by atoms with van der Waals surface area (Å²) in [7, 11) is -4.08. The normalized spacial score (nSPS) is 11.5. The van der Waals surface area contributed by atoms with Gasteiger partial charge in [-0.1, -0.05) is 36.1 Å². The van der Waals surface area contributed by atoms with Crippen LogP contribution in [-0.2, 0) is 16.2 Å². The van der Waals surface area contributed by atoms with Crippen molar-refractivity contribution < 1.29 is 26.3 Å². The van der Waals surface area contributed by atoms with Gasteiger partial charge in [0.1, 0.15) is 12.4 Å². The molecule has 0 aliphatic rings. The fraction of sp³-hybridized carbons (Fsp3) is 0.222. The third-order valence-electron chi connectivity index (χ3n) is 3.34. The highest BCUT2D eigenvalue weighted by Gasteiger charge is 2.31. The smallest absolute Gasteiger partial charge is 0.416 e. The van der Waals surface area contributed by atoms with E-state index in [1.54, 1.807) is 6.07 Å². The Morgan fingerprint density at radius 2 is 1.81 bits per heavy atom. The SMILES string of the molecule is Cc1ccccc1OCC#CCNS(=O)(=O)c1cccc(C(F)(F)F)c1. The number of aryl methyl sites for hydroxylation is 1. The van der Waals surface area contributed by atoms with E-state index >= 15 is 0 Å². The first-order chi connectivity index (χ1) is 12.2. The predicted molar refractivity (Wildman–Crippen MR) is 91.1 cm³/mol. The fourth-order valence-electron chi connectivity index (χ4n) is 2.00. The number of hydrogen-bond acceptors (Lipinski definition) is 3. The topological polar surface area (TPSA) is 55.4 Å². The first kappa shape index (κ1) is 19.8. The third-order valence-corrected chi connectivity index (χ3v) is 4.74. The molecule has 8 heteroatoms. The summed E-state index contributed by atoms with van der Waals surface area (Å²) in [5, 5.41) is 0. The van der Waals surface area contributed by atoms with Gasteiger partial charge in [0.15, 0.2) is 0 Å². The second kappa shape index (κ2) is 8.25. The lowest BCUT2D eigenvalue weighted by Gasteiger charge is -2.09. The Balaban J connectivity index is 1.92. The number of nitrogens with one attached hydrogen (secondary N) is 1. The van der Waals surface area contributed by atoms with Crippen molar-refractivity contribution in [3.05, 3.63) is 59.7 Å². The zero-order chi connectivity index (χ0) is 19.2. The lowest BCUT2D eigenvalue weighted by molar-refractivity contribution is -0.137. The Bertz CT molecular complexity index is 928. The molecule has 0 saturated heterocycles. The van der Waals surface area contributed by atoms with Crippen LogP contribution in [0, 0.1) is 18.8 Å². The Hall–Kier alpha value is -2.50. The van der Waals surface area contributed by atoms with E-state index in [1.165, 1.54) is 0 Å². The van der Waals surface area contributed by atoms with Crippen molar-refractivity contribution in [2.45, 2.75) is 18.0 Å². The molecule has 0 heterocycles. The molecule has 0 spiro atoms. The van der Waals surface area contributed by atoms with Gasteiger partial charge in [0.25, 0.3) is 0 Å². The van der Waals surface area contributed by atoms with Crippen molar-refractivity contribution >= 4 is 10.0 Å². The summed E-state index contributed by atoms with van der Waals surface area (Å²) in [6.07, 6.45) is -4.61. The van der Waals surface area contributed by atoms with Crippen molar-refractivity contribution in [3.63, 3.8) is 0 Å². The van der Waals surface area contributed by atoms with E-state index in [-0.39, 0.29) is 13.2 Å². The van der Waals surface area contributed by atoms with Gasteiger partial charge in [-0.2, -0.15) is 17.9 Å². The Kier molecular flexibility index (Phi) is 6.29. The minimum Gasteiger partial charge on any atom is -0.481 e. The van der Waals surface area contributed by atoms with E-state index in [0.717, 1.165) is 23.8 Å². The van der Waals surface area contributed by atoms with Gasteiger partial charge in [-0.25, -0.2) is 8.42 Å². The monoisotopic (exact) mass is 383 g/mol. The molecule has 0 bridgehead atoms. The molecule has 0 aliphatic heterocycles. The summed E-state index contributed by atoms with van der Waals surface area (Å²) in [4.78, 5) is -0.467. The van der Waals surface area contributed by atoms with E-state index in [9.17, 15) is 21.6 Å². The largest absolute Gasteiger partial charge is 0.481 e. The highest BCUT2D eigenvalue weighted by molar-refractivity contribution is 7.89. The molecular weight excluding hydrogens is 367 g/mol. The van der Waals surface area contributed by atoms with Crippen molar-refractivity contribution in [3.8, 4) is 17.6 Å². The number of alkyl halides is 3. The number of para-hydroxylation sites is 1. The number of hydrogen-bond donors (Lipinski definition) is 1. The van der Waals surface area contributed by atoms with Crippen molar-refractivity contribution in [1.29, 1.82) is 0 Å². The summed E-state index contributed by atoms with van der Waals surface area (Å²) in [5.74, 6) is 5.87. The van der Waals surface area contributed by atoms with E-state index < -0.39 is 26.7 Å². The minimum atomic E-state index is -4.61. The zero-order valence-corrected chi connectivity index (χ0v) is 14.6. The Morgan fingerprint density at radius 1 is 1.08 bits per heavy atom. The van der Waals surface area contributed by atoms with E-state index in [2.05, 4.69) is 16.6 Å². The number of benzene rings is 2. The molecule has 1 N–H and O–H groups in total. The van der Waals surface area contributed by atoms with Gasteiger partial charge in [-0.05, 0) is 36.8 Å². The van der Waals surface area contributed by atoms with Gasteiger partial charge >= 0.3 is 6.18 Å². The molecular formula is C18H16F3NO3S. The number of sulfonamides is 1. The van der Waals surface area contributed by atoms with Gasteiger partial charge in [-0.3, -0.25) is 0 Å². The highest BCUT2D eigenvalue weighted by Crippen LogP contribution is 2.30. The van der Waals surface area contributed by atoms with Gasteiger partial charge in [0.2, 0.25) is 10.0 Å². The molecule has 26 heavy (non-hydrogen) atoms. The van der Waals surface area contributed by atoms with Crippen LogP contribution in [0.5, 0.6) is 5.75 Å². The average molecular weight is 383 g/mol. The van der Waals surface area contributed by atoms with E-state index in [4.69, 9.17) is 4.74 Å². The van der Waals surface area contributed by atoms with Crippen molar-refractivity contribution in [2.24, 2.45) is 0 Å². The van der Waals surface area contributed by atoms with Gasteiger partial charge in [0, 0.05) is 0 Å². The summed E-state index contributed by atoms with van der Waals surface area (Å²) in [5.41, 5.74) is -0.0855. The lowest BCUT2D eigenvalue weighted by Crippen LogP contribution is -2.24. The van der Waals surface area contributed by atoms with E-state index in [1.807, 2.05) is 25.1 Å². The van der Waals surface area contributed by atoms with Crippen LogP contribution in [0.15, 0.2) is 53.4 Å².